The summed E-state index contributed by atoms with van der Waals surface area (Å²) in [6, 6.07) is 0. The summed E-state index contributed by atoms with van der Waals surface area (Å²) in [7, 11) is -13.4. The molecule has 15 heteroatoms. The van der Waals surface area contributed by atoms with Gasteiger partial charge in [0.2, 0.25) is 5.51 Å². The van der Waals surface area contributed by atoms with Gasteiger partial charge in [0.15, 0.2) is 26.2 Å². The first kappa shape index (κ1) is 24.1. The van der Waals surface area contributed by atoms with E-state index in [9.17, 15) is 43.2 Å². The van der Waals surface area contributed by atoms with Crippen LogP contribution >= 0.6 is 11.3 Å². The van der Waals surface area contributed by atoms with E-state index in [1.165, 1.54) is 25.8 Å². The first-order chi connectivity index (χ1) is 11.1. The molecule has 0 amide bonds. The van der Waals surface area contributed by atoms with Crippen LogP contribution in [0.2, 0.25) is 0 Å². The van der Waals surface area contributed by atoms with Crippen molar-refractivity contribution in [2.24, 2.45) is 0 Å². The molecule has 0 unspecified atom stereocenters. The average molecular weight is 436 g/mol. The van der Waals surface area contributed by atoms with Crippen LogP contribution in [0.15, 0.2) is 17.1 Å². The normalized spacial score (nSPS) is 13.2. The third-order valence-corrected chi connectivity index (χ3v) is 5.74. The number of nitrogens with zero attached hydrogens (tertiary/aromatic N) is 2. The Morgan fingerprint density at radius 3 is 1.76 bits per heavy atom. The fourth-order valence-electron chi connectivity index (χ4n) is 1.15. The van der Waals surface area contributed by atoms with E-state index in [4.69, 9.17) is 0 Å². The van der Waals surface area contributed by atoms with Gasteiger partial charge in [-0.05, 0) is 6.42 Å². The molecule has 0 saturated carbocycles. The summed E-state index contributed by atoms with van der Waals surface area (Å²) in [5.41, 5.74) is -10.2. The molecule has 1 rings (SSSR count). The molecule has 25 heavy (non-hydrogen) atoms. The first-order valence-corrected chi connectivity index (χ1v) is 10.2. The van der Waals surface area contributed by atoms with Crippen LogP contribution in [-0.4, -0.2) is 27.9 Å². The second kappa shape index (κ2) is 9.14. The van der Waals surface area contributed by atoms with Gasteiger partial charge < -0.3 is 4.13 Å². The number of aryl methyl sites for hydroxylation is 1. The lowest BCUT2D eigenvalue weighted by molar-refractivity contribution is -0.692. The van der Waals surface area contributed by atoms with Gasteiger partial charge in [-0.2, -0.15) is 30.9 Å². The molecule has 1 heterocycles. The molecule has 0 fully saturated rings. The summed E-state index contributed by atoms with van der Waals surface area (Å²) >= 11 is 1.76. The summed E-state index contributed by atoms with van der Waals surface area (Å²) in [5.74, 6) is 0. The summed E-state index contributed by atoms with van der Waals surface area (Å²) in [6.45, 7) is 3.43. The molecule has 0 aromatic carbocycles. The van der Waals surface area contributed by atoms with Crippen LogP contribution in [0.25, 0.3) is 4.13 Å². The Balaban J connectivity index is 0.000000496. The smallest absolute Gasteiger partial charge is 0.421 e. The van der Waals surface area contributed by atoms with Crippen molar-refractivity contribution in [2.75, 3.05) is 0 Å². The zero-order chi connectivity index (χ0) is 19.9. The average Bonchev–Trinajstić information content (AvgIpc) is 2.89. The van der Waals surface area contributed by atoms with Crippen LogP contribution in [-0.2, 0) is 26.6 Å². The van der Waals surface area contributed by atoms with Gasteiger partial charge in [-0.1, -0.05) is 24.7 Å². The molecular formula is C10H14F6N2O4S3. The van der Waals surface area contributed by atoms with Gasteiger partial charge >= 0.3 is 11.0 Å². The number of unbranched alkanes of at least 4 members (excludes halogenated alkanes) is 2. The number of hydrogen-bond donors (Lipinski definition) is 0. The van der Waals surface area contributed by atoms with Gasteiger partial charge in [0.05, 0.1) is 5.38 Å². The Morgan fingerprint density at radius 2 is 1.44 bits per heavy atom. The maximum absolute atomic E-state index is 11.4. The van der Waals surface area contributed by atoms with Crippen LogP contribution in [0, 0.1) is 0 Å². The second-order valence-corrected chi connectivity index (χ2v) is 8.57. The predicted molar refractivity (Wildman–Crippen MR) is 77.3 cm³/mol. The summed E-state index contributed by atoms with van der Waals surface area (Å²) in [4.78, 5) is 0. The van der Waals surface area contributed by atoms with Crippen molar-refractivity contribution < 1.29 is 47.7 Å². The van der Waals surface area contributed by atoms with Crippen LogP contribution in [0.3, 0.4) is 0 Å². The van der Waals surface area contributed by atoms with Crippen molar-refractivity contribution in [3.8, 4) is 0 Å². The maximum Gasteiger partial charge on any atom is 0.480 e. The Labute approximate surface area is 144 Å². The highest BCUT2D eigenvalue weighted by molar-refractivity contribution is 8.13. The minimum Gasteiger partial charge on any atom is -0.421 e. The largest absolute Gasteiger partial charge is 0.480 e. The first-order valence-electron chi connectivity index (χ1n) is 6.42. The lowest BCUT2D eigenvalue weighted by Crippen LogP contribution is -2.30. The lowest BCUT2D eigenvalue weighted by atomic mass is 10.2. The Kier molecular flexibility index (Phi) is 8.80. The third-order valence-electron chi connectivity index (χ3n) is 2.33. The number of alkyl halides is 6. The van der Waals surface area contributed by atoms with Gasteiger partial charge in [0.25, 0.3) is 0 Å². The van der Waals surface area contributed by atoms with Crippen molar-refractivity contribution in [1.82, 2.24) is 0 Å². The number of aromatic nitrogens is 1. The summed E-state index contributed by atoms with van der Waals surface area (Å²) in [5, 5.41) is 2.12. The fraction of sp³-hybridized carbons (Fsp3) is 0.700. The van der Waals surface area contributed by atoms with Crippen LogP contribution in [0.4, 0.5) is 26.3 Å². The van der Waals surface area contributed by atoms with Crippen molar-refractivity contribution in [1.29, 1.82) is 0 Å². The standard InChI is InChI=1S/C8H14NS.C2F6NO4S2/c1-2-3-4-5-9-6-7-10-8-9;3-1(4,5)14(10,11)9-15(12,13)2(6,7)8/h6-8H,2-5H2,1H3;/q+1;-1. The van der Waals surface area contributed by atoms with E-state index in [0.29, 0.717) is 0 Å². The predicted octanol–water partition coefficient (Wildman–Crippen LogP) is 3.29. The fourth-order valence-corrected chi connectivity index (χ4v) is 3.49. The molecule has 148 valence electrons. The van der Waals surface area contributed by atoms with Crippen LogP contribution in [0.5, 0.6) is 0 Å². The molecule has 0 aliphatic heterocycles. The molecule has 0 aliphatic carbocycles. The van der Waals surface area contributed by atoms with E-state index in [0.717, 1.165) is 4.13 Å². The number of halogens is 6. The molecule has 6 nitrogen and oxygen atoms in total. The van der Waals surface area contributed by atoms with Gasteiger partial charge in [-0.15, -0.1) is 0 Å². The van der Waals surface area contributed by atoms with E-state index < -0.39 is 31.1 Å². The monoisotopic (exact) mass is 436 g/mol. The Morgan fingerprint density at radius 1 is 0.960 bits per heavy atom. The third kappa shape index (κ3) is 8.33. The zero-order valence-corrected chi connectivity index (χ0v) is 15.0. The molecule has 0 atom stereocenters. The topological polar surface area (TPSA) is 86.3 Å². The summed E-state index contributed by atoms with van der Waals surface area (Å²) < 4.78 is 111. The quantitative estimate of drug-likeness (QED) is 0.389. The highest BCUT2D eigenvalue weighted by Gasteiger charge is 2.46. The molecule has 0 saturated heterocycles. The van der Waals surface area contributed by atoms with Crippen molar-refractivity contribution in [3.05, 3.63) is 21.2 Å². The van der Waals surface area contributed by atoms with Crippen LogP contribution in [0.1, 0.15) is 26.2 Å². The maximum atomic E-state index is 11.4. The number of rotatable bonds is 6. The van der Waals surface area contributed by atoms with Gasteiger partial charge in [0, 0.05) is 6.42 Å². The molecule has 0 bridgehead atoms. The Bertz CT molecular complexity index is 669. The molecule has 0 aliphatic rings. The highest BCUT2D eigenvalue weighted by Crippen LogP contribution is 2.36. The number of sulfonamides is 2. The molecular weight excluding hydrogens is 422 g/mol. The van der Waals surface area contributed by atoms with E-state index in [2.05, 4.69) is 28.6 Å². The van der Waals surface area contributed by atoms with E-state index in [1.54, 1.807) is 11.3 Å². The van der Waals surface area contributed by atoms with E-state index >= 15 is 0 Å². The molecule has 1 aromatic rings. The summed E-state index contributed by atoms with van der Waals surface area (Å²) in [6.07, 6.45) is 6.12. The van der Waals surface area contributed by atoms with Gasteiger partial charge in [-0.25, -0.2) is 16.8 Å². The SMILES string of the molecule is CCCCC[n+]1ccsc1.O=S(=O)([N-]S(=O)(=O)C(F)(F)F)C(F)(F)F. The van der Waals surface area contributed by atoms with Crippen molar-refractivity contribution >= 4 is 31.4 Å². The molecule has 0 radical (unpaired) electrons. The van der Waals surface area contributed by atoms with Crippen molar-refractivity contribution in [3.63, 3.8) is 0 Å². The van der Waals surface area contributed by atoms with Gasteiger partial charge in [0.1, 0.15) is 6.54 Å². The molecule has 0 N–H and O–H groups in total. The van der Waals surface area contributed by atoms with Crippen molar-refractivity contribution in [2.45, 2.75) is 43.7 Å². The Hall–Kier alpha value is -0.930. The van der Waals surface area contributed by atoms with Crippen LogP contribution < -0.4 is 4.57 Å². The zero-order valence-electron chi connectivity index (χ0n) is 12.6. The minimum atomic E-state index is -6.72. The molecule has 1 aromatic heterocycles. The second-order valence-electron chi connectivity index (χ2n) is 4.39. The van der Waals surface area contributed by atoms with Gasteiger partial charge in [-0.3, -0.25) is 0 Å². The van der Waals surface area contributed by atoms with E-state index in [-0.39, 0.29) is 0 Å². The minimum absolute atomic E-state index is 0.778. The molecule has 0 spiro atoms. The number of thiazole rings is 1. The number of hydrogen-bond acceptors (Lipinski definition) is 5. The highest BCUT2D eigenvalue weighted by atomic mass is 32.3. The van der Waals surface area contributed by atoms with E-state index in [1.807, 2.05) is 0 Å². The lowest BCUT2D eigenvalue weighted by Gasteiger charge is -2.22.